The SMILES string of the molecule is CCN(CC)C(=O)c1ccccc1NC(=O)CCC(=O)c1ccc(Cl)cc1. The molecule has 0 saturated heterocycles. The third kappa shape index (κ3) is 5.66. The van der Waals surface area contributed by atoms with Crippen molar-refractivity contribution >= 4 is 34.9 Å². The van der Waals surface area contributed by atoms with Crippen molar-refractivity contribution in [1.29, 1.82) is 0 Å². The molecule has 2 aromatic rings. The van der Waals surface area contributed by atoms with Crippen LogP contribution in [0, 0.1) is 0 Å². The lowest BCUT2D eigenvalue weighted by molar-refractivity contribution is -0.116. The molecule has 6 heteroatoms. The fourth-order valence-electron chi connectivity index (χ4n) is 2.68. The van der Waals surface area contributed by atoms with Gasteiger partial charge >= 0.3 is 0 Å². The van der Waals surface area contributed by atoms with Gasteiger partial charge < -0.3 is 10.2 Å². The molecule has 142 valence electrons. The number of carbonyl (C=O) groups excluding carboxylic acids is 3. The fraction of sp³-hybridized carbons (Fsp3) is 0.286. The van der Waals surface area contributed by atoms with E-state index in [2.05, 4.69) is 5.32 Å². The summed E-state index contributed by atoms with van der Waals surface area (Å²) in [5, 5.41) is 3.31. The van der Waals surface area contributed by atoms with Crippen molar-refractivity contribution in [2.45, 2.75) is 26.7 Å². The van der Waals surface area contributed by atoms with Crippen molar-refractivity contribution in [3.8, 4) is 0 Å². The number of hydrogen-bond donors (Lipinski definition) is 1. The van der Waals surface area contributed by atoms with Crippen molar-refractivity contribution in [2.24, 2.45) is 0 Å². The molecule has 0 unspecified atom stereocenters. The maximum Gasteiger partial charge on any atom is 0.255 e. The second-order valence-electron chi connectivity index (χ2n) is 6.00. The van der Waals surface area contributed by atoms with Crippen LogP contribution in [0.4, 0.5) is 5.69 Å². The van der Waals surface area contributed by atoms with Crippen molar-refractivity contribution < 1.29 is 14.4 Å². The minimum Gasteiger partial charge on any atom is -0.339 e. The van der Waals surface area contributed by atoms with Crippen LogP contribution in [-0.2, 0) is 4.79 Å². The second kappa shape index (κ2) is 9.88. The van der Waals surface area contributed by atoms with Crippen LogP contribution in [0.3, 0.4) is 0 Å². The van der Waals surface area contributed by atoms with E-state index in [4.69, 9.17) is 11.6 Å². The van der Waals surface area contributed by atoms with Gasteiger partial charge in [-0.1, -0.05) is 23.7 Å². The molecule has 5 nitrogen and oxygen atoms in total. The minimum atomic E-state index is -0.308. The van der Waals surface area contributed by atoms with Crippen molar-refractivity contribution in [1.82, 2.24) is 4.90 Å². The molecule has 2 amide bonds. The highest BCUT2D eigenvalue weighted by Crippen LogP contribution is 2.18. The molecule has 1 N–H and O–H groups in total. The number of nitrogens with zero attached hydrogens (tertiary/aromatic N) is 1. The fourth-order valence-corrected chi connectivity index (χ4v) is 2.81. The lowest BCUT2D eigenvalue weighted by Crippen LogP contribution is -2.31. The van der Waals surface area contributed by atoms with Crippen LogP contribution < -0.4 is 5.32 Å². The van der Waals surface area contributed by atoms with Crippen LogP contribution in [0.5, 0.6) is 0 Å². The molecular weight excluding hydrogens is 364 g/mol. The molecule has 27 heavy (non-hydrogen) atoms. The Labute approximate surface area is 164 Å². The first-order valence-electron chi connectivity index (χ1n) is 8.93. The maximum atomic E-state index is 12.6. The number of rotatable bonds is 8. The quantitative estimate of drug-likeness (QED) is 0.683. The molecule has 0 radical (unpaired) electrons. The largest absolute Gasteiger partial charge is 0.339 e. The summed E-state index contributed by atoms with van der Waals surface area (Å²) >= 11 is 5.81. The number of para-hydroxylation sites is 1. The highest BCUT2D eigenvalue weighted by Gasteiger charge is 2.17. The summed E-state index contributed by atoms with van der Waals surface area (Å²) in [6.07, 6.45) is 0.120. The van der Waals surface area contributed by atoms with Gasteiger partial charge in [0.2, 0.25) is 5.91 Å². The number of carbonyl (C=O) groups is 3. The van der Waals surface area contributed by atoms with E-state index in [0.29, 0.717) is 34.9 Å². The van der Waals surface area contributed by atoms with Gasteiger partial charge in [-0.05, 0) is 50.2 Å². The average molecular weight is 387 g/mol. The molecule has 0 atom stereocenters. The summed E-state index contributed by atoms with van der Waals surface area (Å²) in [6, 6.07) is 13.5. The van der Waals surface area contributed by atoms with Crippen LogP contribution in [-0.4, -0.2) is 35.6 Å². The molecule has 0 aliphatic carbocycles. The van der Waals surface area contributed by atoms with E-state index < -0.39 is 0 Å². The van der Waals surface area contributed by atoms with Gasteiger partial charge in [0.25, 0.3) is 5.91 Å². The number of amides is 2. The van der Waals surface area contributed by atoms with Gasteiger partial charge in [0.1, 0.15) is 0 Å². The minimum absolute atomic E-state index is 0.0370. The van der Waals surface area contributed by atoms with Gasteiger partial charge in [0.05, 0.1) is 11.3 Å². The zero-order valence-electron chi connectivity index (χ0n) is 15.5. The summed E-state index contributed by atoms with van der Waals surface area (Å²) in [4.78, 5) is 38.7. The van der Waals surface area contributed by atoms with Crippen LogP contribution in [0.2, 0.25) is 5.02 Å². The number of benzene rings is 2. The van der Waals surface area contributed by atoms with Gasteiger partial charge in [0.15, 0.2) is 5.78 Å². The van der Waals surface area contributed by atoms with Crippen LogP contribution in [0.25, 0.3) is 0 Å². The number of Topliss-reactive ketones (excluding diaryl/α,β-unsaturated/α-hetero) is 1. The number of nitrogens with one attached hydrogen (secondary N) is 1. The third-order valence-electron chi connectivity index (χ3n) is 4.23. The molecule has 0 bridgehead atoms. The molecular formula is C21H23ClN2O3. The van der Waals surface area contributed by atoms with E-state index in [1.807, 2.05) is 13.8 Å². The molecule has 0 heterocycles. The molecule has 0 aliphatic rings. The Morgan fingerprint density at radius 1 is 0.926 bits per heavy atom. The van der Waals surface area contributed by atoms with E-state index in [1.165, 1.54) is 0 Å². The topological polar surface area (TPSA) is 66.5 Å². The van der Waals surface area contributed by atoms with Gasteiger partial charge in [-0.2, -0.15) is 0 Å². The van der Waals surface area contributed by atoms with Gasteiger partial charge in [-0.15, -0.1) is 0 Å². The summed E-state index contributed by atoms with van der Waals surface area (Å²) in [5.74, 6) is -0.570. The first-order valence-corrected chi connectivity index (χ1v) is 9.31. The standard InChI is InChI=1S/C21H23ClN2O3/c1-3-24(4-2)21(27)17-7-5-6-8-18(17)23-20(26)14-13-19(25)15-9-11-16(22)12-10-15/h5-12H,3-4,13-14H2,1-2H3,(H,23,26). The molecule has 0 aliphatic heterocycles. The predicted octanol–water partition coefficient (Wildman–Crippen LogP) is 4.42. The Balaban J connectivity index is 2.00. The first kappa shape index (κ1) is 20.6. The van der Waals surface area contributed by atoms with Crippen LogP contribution in [0.15, 0.2) is 48.5 Å². The van der Waals surface area contributed by atoms with Gasteiger partial charge in [0, 0.05) is 36.5 Å². The normalized spacial score (nSPS) is 10.3. The second-order valence-corrected chi connectivity index (χ2v) is 6.44. The Morgan fingerprint density at radius 2 is 1.56 bits per heavy atom. The molecule has 0 aromatic heterocycles. The zero-order chi connectivity index (χ0) is 19.8. The Bertz CT molecular complexity index is 814. The highest BCUT2D eigenvalue weighted by molar-refractivity contribution is 6.30. The molecule has 0 spiro atoms. The lowest BCUT2D eigenvalue weighted by Gasteiger charge is -2.20. The van der Waals surface area contributed by atoms with Crippen molar-refractivity contribution in [3.63, 3.8) is 0 Å². The number of ketones is 1. The Kier molecular flexibility index (Phi) is 7.55. The first-order chi connectivity index (χ1) is 13.0. The molecule has 2 aromatic carbocycles. The summed E-state index contributed by atoms with van der Waals surface area (Å²) in [7, 11) is 0. The van der Waals surface area contributed by atoms with E-state index >= 15 is 0 Å². The smallest absolute Gasteiger partial charge is 0.255 e. The summed E-state index contributed by atoms with van der Waals surface area (Å²) in [6.45, 7) is 5.00. The number of anilines is 1. The zero-order valence-corrected chi connectivity index (χ0v) is 16.3. The van der Waals surface area contributed by atoms with Crippen LogP contribution in [0.1, 0.15) is 47.4 Å². The van der Waals surface area contributed by atoms with E-state index in [-0.39, 0.29) is 30.4 Å². The van der Waals surface area contributed by atoms with Crippen molar-refractivity contribution in [2.75, 3.05) is 18.4 Å². The Morgan fingerprint density at radius 3 is 2.19 bits per heavy atom. The van der Waals surface area contributed by atoms with E-state index in [9.17, 15) is 14.4 Å². The maximum absolute atomic E-state index is 12.6. The third-order valence-corrected chi connectivity index (χ3v) is 4.48. The molecule has 2 rings (SSSR count). The van der Waals surface area contributed by atoms with Gasteiger partial charge in [-0.3, -0.25) is 14.4 Å². The lowest BCUT2D eigenvalue weighted by atomic mass is 10.1. The van der Waals surface area contributed by atoms with Gasteiger partial charge in [-0.25, -0.2) is 0 Å². The number of hydrogen-bond acceptors (Lipinski definition) is 3. The van der Waals surface area contributed by atoms with Crippen molar-refractivity contribution in [3.05, 3.63) is 64.7 Å². The number of halogens is 1. The molecule has 0 saturated carbocycles. The summed E-state index contributed by atoms with van der Waals surface area (Å²) < 4.78 is 0. The van der Waals surface area contributed by atoms with Crippen LogP contribution >= 0.6 is 11.6 Å². The van der Waals surface area contributed by atoms with E-state index in [0.717, 1.165) is 0 Å². The monoisotopic (exact) mass is 386 g/mol. The predicted molar refractivity (Wildman–Crippen MR) is 107 cm³/mol. The van der Waals surface area contributed by atoms with E-state index in [1.54, 1.807) is 53.4 Å². The Hall–Kier alpha value is -2.66. The summed E-state index contributed by atoms with van der Waals surface area (Å²) in [5.41, 5.74) is 1.42. The average Bonchev–Trinajstić information content (AvgIpc) is 2.68. The highest BCUT2D eigenvalue weighted by atomic mass is 35.5. The molecule has 0 fully saturated rings.